The van der Waals surface area contributed by atoms with Gasteiger partial charge in [-0.05, 0) is 37.0 Å². The molecule has 0 radical (unpaired) electrons. The van der Waals surface area contributed by atoms with E-state index in [2.05, 4.69) is 13.8 Å². The second kappa shape index (κ2) is 8.73. The molecule has 0 N–H and O–H groups in total. The van der Waals surface area contributed by atoms with Gasteiger partial charge in [0, 0.05) is 13.1 Å². The highest BCUT2D eigenvalue weighted by Crippen LogP contribution is 2.19. The lowest BCUT2D eigenvalue weighted by Gasteiger charge is -2.26. The van der Waals surface area contributed by atoms with E-state index >= 15 is 0 Å². The summed E-state index contributed by atoms with van der Waals surface area (Å²) >= 11 is 0. The molecule has 0 saturated carbocycles. The zero-order valence-corrected chi connectivity index (χ0v) is 17.0. The lowest BCUT2D eigenvalue weighted by molar-refractivity contribution is -0.160. The Hall–Kier alpha value is -2.09. The first-order valence-corrected chi connectivity index (χ1v) is 10.8. The molecule has 1 saturated heterocycles. The first-order valence-electron chi connectivity index (χ1n) is 8.98. The summed E-state index contributed by atoms with van der Waals surface area (Å²) in [5.41, 5.74) is 1.17. The van der Waals surface area contributed by atoms with E-state index in [-0.39, 0.29) is 24.2 Å². The fourth-order valence-corrected chi connectivity index (χ4v) is 4.69. The van der Waals surface area contributed by atoms with Crippen LogP contribution >= 0.6 is 0 Å². The van der Waals surface area contributed by atoms with Gasteiger partial charge in [-0.2, -0.15) is 0 Å². The second-order valence-corrected chi connectivity index (χ2v) is 9.38. The first kappa shape index (κ1) is 21.2. The van der Waals surface area contributed by atoms with Crippen molar-refractivity contribution < 1.29 is 27.5 Å². The first-order chi connectivity index (χ1) is 12.6. The summed E-state index contributed by atoms with van der Waals surface area (Å²) in [6, 6.07) is 7.06. The summed E-state index contributed by atoms with van der Waals surface area (Å²) in [5.74, 6) is -0.104. The summed E-state index contributed by atoms with van der Waals surface area (Å²) in [6.45, 7) is 5.34. The Bertz CT molecular complexity index is 772. The summed E-state index contributed by atoms with van der Waals surface area (Å²) in [5, 5.41) is 0. The van der Waals surface area contributed by atoms with Crippen LogP contribution < -0.4 is 4.74 Å². The van der Waals surface area contributed by atoms with E-state index < -0.39 is 27.8 Å². The van der Waals surface area contributed by atoms with Gasteiger partial charge in [0.15, 0.2) is 22.5 Å². The minimum atomic E-state index is -3.09. The number of hydrogen-bond acceptors (Lipinski definition) is 6. The smallest absolute Gasteiger partial charge is 0.344 e. The van der Waals surface area contributed by atoms with Crippen LogP contribution in [0, 0.1) is 0 Å². The molecule has 8 heteroatoms. The predicted molar refractivity (Wildman–Crippen MR) is 101 cm³/mol. The number of likely N-dealkylation sites (N-methyl/N-ethyl adjacent to an activating group) is 1. The number of hydrogen-bond donors (Lipinski definition) is 0. The number of benzene rings is 1. The second-order valence-electron chi connectivity index (χ2n) is 7.15. The van der Waals surface area contributed by atoms with E-state index in [9.17, 15) is 18.0 Å². The van der Waals surface area contributed by atoms with E-state index in [0.717, 1.165) is 0 Å². The molecule has 1 aliphatic heterocycles. The monoisotopic (exact) mass is 397 g/mol. The Balaban J connectivity index is 1.81. The van der Waals surface area contributed by atoms with Crippen LogP contribution in [0.15, 0.2) is 24.3 Å². The molecule has 1 aromatic rings. The van der Waals surface area contributed by atoms with Gasteiger partial charge < -0.3 is 14.4 Å². The van der Waals surface area contributed by atoms with Gasteiger partial charge in [-0.15, -0.1) is 0 Å². The molecule has 0 unspecified atom stereocenters. The molecule has 2 rings (SSSR count). The van der Waals surface area contributed by atoms with Gasteiger partial charge in [-0.3, -0.25) is 4.79 Å². The fourth-order valence-electron chi connectivity index (χ4n) is 2.92. The van der Waals surface area contributed by atoms with E-state index in [1.807, 2.05) is 12.1 Å². The Kier molecular flexibility index (Phi) is 6.86. The van der Waals surface area contributed by atoms with Crippen molar-refractivity contribution >= 4 is 21.7 Å². The maximum absolute atomic E-state index is 12.4. The van der Waals surface area contributed by atoms with Gasteiger partial charge in [0.2, 0.25) is 0 Å². The minimum absolute atomic E-state index is 0.0502. The normalized spacial score (nSPS) is 19.5. The zero-order chi connectivity index (χ0) is 20.2. The Morgan fingerprint density at radius 1 is 1.19 bits per heavy atom. The van der Waals surface area contributed by atoms with E-state index in [1.165, 1.54) is 24.4 Å². The highest BCUT2D eigenvalue weighted by atomic mass is 32.2. The van der Waals surface area contributed by atoms with Gasteiger partial charge in [0.25, 0.3) is 5.91 Å². The molecule has 27 heavy (non-hydrogen) atoms. The van der Waals surface area contributed by atoms with Crippen LogP contribution in [0.1, 0.15) is 38.7 Å². The van der Waals surface area contributed by atoms with Crippen LogP contribution in [0.25, 0.3) is 0 Å². The predicted octanol–water partition coefficient (Wildman–Crippen LogP) is 1.77. The number of nitrogens with zero attached hydrogens (tertiary/aromatic N) is 1. The number of amides is 1. The van der Waals surface area contributed by atoms with E-state index in [0.29, 0.717) is 18.1 Å². The van der Waals surface area contributed by atoms with Crippen LogP contribution in [0.2, 0.25) is 0 Å². The summed E-state index contributed by atoms with van der Waals surface area (Å²) in [6.07, 6.45) is -0.599. The van der Waals surface area contributed by atoms with Crippen molar-refractivity contribution in [2.75, 3.05) is 25.2 Å². The molecule has 1 fully saturated rings. The number of ether oxygens (including phenoxy) is 2. The van der Waals surface area contributed by atoms with Crippen molar-refractivity contribution in [3.8, 4) is 5.75 Å². The van der Waals surface area contributed by atoms with Crippen LogP contribution in [-0.2, 0) is 24.2 Å². The average Bonchev–Trinajstić information content (AvgIpc) is 2.98. The van der Waals surface area contributed by atoms with Crippen molar-refractivity contribution in [2.45, 2.75) is 45.3 Å². The molecule has 2 atom stereocenters. The third kappa shape index (κ3) is 5.95. The molecule has 150 valence electrons. The molecular formula is C19H27NO6S. The Morgan fingerprint density at radius 3 is 2.33 bits per heavy atom. The average molecular weight is 397 g/mol. The summed E-state index contributed by atoms with van der Waals surface area (Å²) < 4.78 is 33.6. The zero-order valence-electron chi connectivity index (χ0n) is 16.2. The Labute approximate surface area is 160 Å². The van der Waals surface area contributed by atoms with Crippen LogP contribution in [0.4, 0.5) is 0 Å². The maximum atomic E-state index is 12.4. The summed E-state index contributed by atoms with van der Waals surface area (Å²) in [7, 11) is -1.56. The molecule has 1 aliphatic rings. The quantitative estimate of drug-likeness (QED) is 0.652. The largest absolute Gasteiger partial charge is 0.482 e. The van der Waals surface area contributed by atoms with E-state index in [1.54, 1.807) is 12.1 Å². The Morgan fingerprint density at radius 2 is 1.81 bits per heavy atom. The fraction of sp³-hybridized carbons (Fsp3) is 0.579. The van der Waals surface area contributed by atoms with Crippen molar-refractivity contribution in [3.05, 3.63) is 29.8 Å². The third-order valence-electron chi connectivity index (χ3n) is 4.66. The van der Waals surface area contributed by atoms with Gasteiger partial charge in [-0.1, -0.05) is 26.0 Å². The standard InChI is InChI=1S/C19H27NO6S/c1-13(2)15-5-7-17(8-6-15)25-11-18(21)26-14(3)19(22)20(4)16-9-10-27(23,24)12-16/h5-8,13-14,16H,9-12H2,1-4H3/t14-,16+/m1/s1. The number of rotatable bonds is 7. The molecule has 0 bridgehead atoms. The number of esters is 1. The van der Waals surface area contributed by atoms with Crippen LogP contribution in [-0.4, -0.2) is 62.5 Å². The topological polar surface area (TPSA) is 90.0 Å². The molecule has 0 aliphatic carbocycles. The van der Waals surface area contributed by atoms with Crippen molar-refractivity contribution in [2.24, 2.45) is 0 Å². The molecule has 1 heterocycles. The molecule has 1 aromatic carbocycles. The molecule has 0 spiro atoms. The number of sulfone groups is 1. The number of carbonyl (C=O) groups excluding carboxylic acids is 2. The maximum Gasteiger partial charge on any atom is 0.344 e. The van der Waals surface area contributed by atoms with Gasteiger partial charge in [0.1, 0.15) is 5.75 Å². The van der Waals surface area contributed by atoms with Crippen molar-refractivity contribution in [1.82, 2.24) is 4.90 Å². The SMILES string of the molecule is CC(C)c1ccc(OCC(=O)O[C@H](C)C(=O)N(C)[C@H]2CCS(=O)(=O)C2)cc1. The molecule has 0 aromatic heterocycles. The van der Waals surface area contributed by atoms with Gasteiger partial charge in [0.05, 0.1) is 11.5 Å². The van der Waals surface area contributed by atoms with Crippen LogP contribution in [0.3, 0.4) is 0 Å². The van der Waals surface area contributed by atoms with Crippen molar-refractivity contribution in [3.63, 3.8) is 0 Å². The lowest BCUT2D eigenvalue weighted by atomic mass is 10.0. The van der Waals surface area contributed by atoms with Crippen molar-refractivity contribution in [1.29, 1.82) is 0 Å². The van der Waals surface area contributed by atoms with Gasteiger partial charge >= 0.3 is 5.97 Å². The number of carbonyl (C=O) groups is 2. The third-order valence-corrected chi connectivity index (χ3v) is 6.41. The summed E-state index contributed by atoms with van der Waals surface area (Å²) in [4.78, 5) is 25.7. The molecular weight excluding hydrogens is 370 g/mol. The highest BCUT2D eigenvalue weighted by molar-refractivity contribution is 7.91. The highest BCUT2D eigenvalue weighted by Gasteiger charge is 2.34. The van der Waals surface area contributed by atoms with Crippen LogP contribution in [0.5, 0.6) is 5.75 Å². The lowest BCUT2D eigenvalue weighted by Crippen LogP contribution is -2.44. The molecule has 1 amide bonds. The minimum Gasteiger partial charge on any atom is -0.482 e. The molecule has 7 nitrogen and oxygen atoms in total. The van der Waals surface area contributed by atoms with E-state index in [4.69, 9.17) is 9.47 Å². The van der Waals surface area contributed by atoms with Gasteiger partial charge in [-0.25, -0.2) is 13.2 Å².